The normalized spacial score (nSPS) is 15.0. The number of aromatic nitrogens is 1. The Bertz CT molecular complexity index is 797. The molecular weight excluding hydrogens is 284 g/mol. The second-order valence-corrected chi connectivity index (χ2v) is 5.03. The summed E-state index contributed by atoms with van der Waals surface area (Å²) in [4.78, 5) is 50.1. The number of hydrogen-bond donors (Lipinski definition) is 2. The molecule has 1 heterocycles. The van der Waals surface area contributed by atoms with Gasteiger partial charge >= 0.3 is 0 Å². The summed E-state index contributed by atoms with van der Waals surface area (Å²) in [6.45, 7) is 5.22. The Balaban J connectivity index is 2.80. The van der Waals surface area contributed by atoms with Gasteiger partial charge in [0, 0.05) is 6.07 Å². The van der Waals surface area contributed by atoms with Gasteiger partial charge in [0.05, 0.1) is 11.1 Å². The molecule has 0 saturated carbocycles. The number of allylic oxidation sites excluding steroid dienone is 4. The first-order chi connectivity index (χ1) is 10.4. The molecule has 0 aliphatic heterocycles. The first kappa shape index (κ1) is 15.6. The SMILES string of the molecule is CC/C=C(/C)C1=C(NC=O)C(=O)c2[nH]c(=O)cc(C)c2C1=O. The van der Waals surface area contributed by atoms with Gasteiger partial charge in [-0.25, -0.2) is 0 Å². The number of hydrogen-bond acceptors (Lipinski definition) is 4. The molecule has 22 heavy (non-hydrogen) atoms. The van der Waals surface area contributed by atoms with Crippen LogP contribution < -0.4 is 10.9 Å². The van der Waals surface area contributed by atoms with E-state index in [0.29, 0.717) is 24.0 Å². The Morgan fingerprint density at radius 2 is 1.95 bits per heavy atom. The topological polar surface area (TPSA) is 96.1 Å². The number of carbonyl (C=O) groups is 3. The van der Waals surface area contributed by atoms with E-state index in [1.807, 2.05) is 6.92 Å². The summed E-state index contributed by atoms with van der Waals surface area (Å²) in [7, 11) is 0. The van der Waals surface area contributed by atoms with Gasteiger partial charge in [-0.3, -0.25) is 19.2 Å². The van der Waals surface area contributed by atoms with Crippen LogP contribution in [0.2, 0.25) is 0 Å². The van der Waals surface area contributed by atoms with E-state index in [4.69, 9.17) is 0 Å². The van der Waals surface area contributed by atoms with E-state index >= 15 is 0 Å². The lowest BCUT2D eigenvalue weighted by atomic mass is 9.84. The highest BCUT2D eigenvalue weighted by Gasteiger charge is 2.34. The number of nitrogens with one attached hydrogen (secondary N) is 2. The van der Waals surface area contributed by atoms with Crippen LogP contribution in [0.4, 0.5) is 0 Å². The van der Waals surface area contributed by atoms with Crippen LogP contribution in [-0.2, 0) is 4.79 Å². The number of rotatable bonds is 4. The van der Waals surface area contributed by atoms with Crippen molar-refractivity contribution in [2.45, 2.75) is 27.2 Å². The number of pyridine rings is 1. The first-order valence-electron chi connectivity index (χ1n) is 6.87. The van der Waals surface area contributed by atoms with E-state index in [0.717, 1.165) is 0 Å². The maximum absolute atomic E-state index is 12.8. The average molecular weight is 300 g/mol. The molecule has 1 amide bonds. The number of amides is 1. The zero-order valence-corrected chi connectivity index (χ0v) is 12.6. The highest BCUT2D eigenvalue weighted by molar-refractivity contribution is 6.28. The number of H-pyrrole nitrogens is 1. The second-order valence-electron chi connectivity index (χ2n) is 5.03. The summed E-state index contributed by atoms with van der Waals surface area (Å²) in [6.07, 6.45) is 2.83. The van der Waals surface area contributed by atoms with Crippen molar-refractivity contribution in [3.05, 3.63) is 56.2 Å². The van der Waals surface area contributed by atoms with Crippen LogP contribution in [0.25, 0.3) is 0 Å². The maximum Gasteiger partial charge on any atom is 0.248 e. The van der Waals surface area contributed by atoms with Gasteiger partial charge in [-0.15, -0.1) is 0 Å². The molecule has 0 radical (unpaired) electrons. The minimum absolute atomic E-state index is 0.0765. The van der Waals surface area contributed by atoms with Crippen molar-refractivity contribution in [2.24, 2.45) is 0 Å². The van der Waals surface area contributed by atoms with Crippen molar-refractivity contribution in [2.75, 3.05) is 0 Å². The highest BCUT2D eigenvalue weighted by atomic mass is 16.2. The Morgan fingerprint density at radius 3 is 2.55 bits per heavy atom. The molecule has 0 aromatic carbocycles. The van der Waals surface area contributed by atoms with Gasteiger partial charge in [-0.05, 0) is 31.4 Å². The van der Waals surface area contributed by atoms with Crippen molar-refractivity contribution in [1.29, 1.82) is 0 Å². The first-order valence-corrected chi connectivity index (χ1v) is 6.87. The smallest absolute Gasteiger partial charge is 0.248 e. The van der Waals surface area contributed by atoms with E-state index in [1.165, 1.54) is 6.07 Å². The molecule has 0 atom stereocenters. The van der Waals surface area contributed by atoms with Crippen molar-refractivity contribution in [3.8, 4) is 0 Å². The molecule has 0 fully saturated rings. The molecule has 2 rings (SSSR count). The van der Waals surface area contributed by atoms with Crippen LogP contribution in [0.15, 0.2) is 33.8 Å². The molecule has 114 valence electrons. The minimum Gasteiger partial charge on any atom is -0.325 e. The molecule has 1 aliphatic carbocycles. The van der Waals surface area contributed by atoms with E-state index in [1.54, 1.807) is 19.9 Å². The molecule has 0 saturated heterocycles. The lowest BCUT2D eigenvalue weighted by Crippen LogP contribution is -2.33. The van der Waals surface area contributed by atoms with Gasteiger partial charge in [-0.1, -0.05) is 13.0 Å². The number of aryl methyl sites for hydroxylation is 1. The molecule has 0 unspecified atom stereocenters. The number of ketones is 2. The molecule has 2 N–H and O–H groups in total. The third kappa shape index (κ3) is 2.43. The fourth-order valence-electron chi connectivity index (χ4n) is 2.61. The van der Waals surface area contributed by atoms with Crippen molar-refractivity contribution < 1.29 is 14.4 Å². The third-order valence-corrected chi connectivity index (χ3v) is 3.51. The van der Waals surface area contributed by atoms with Crippen LogP contribution in [0.5, 0.6) is 0 Å². The standard InChI is InChI=1S/C16H16N2O4/c1-4-5-8(2)11-13(17-7-19)16(22)14-12(15(11)21)9(3)6-10(20)18-14/h5-7H,4H2,1-3H3,(H,17,19)(H,18,20)/b8-5-. The van der Waals surface area contributed by atoms with E-state index in [-0.39, 0.29) is 28.3 Å². The zero-order valence-electron chi connectivity index (χ0n) is 12.6. The van der Waals surface area contributed by atoms with E-state index < -0.39 is 11.3 Å². The zero-order chi connectivity index (χ0) is 16.4. The van der Waals surface area contributed by atoms with Crippen LogP contribution in [0.3, 0.4) is 0 Å². The second kappa shape index (κ2) is 5.93. The van der Waals surface area contributed by atoms with Gasteiger partial charge in [0.2, 0.25) is 17.8 Å². The van der Waals surface area contributed by atoms with Crippen molar-refractivity contribution >= 4 is 18.0 Å². The summed E-state index contributed by atoms with van der Waals surface area (Å²) < 4.78 is 0. The van der Waals surface area contributed by atoms with Crippen LogP contribution in [0, 0.1) is 6.92 Å². The number of fused-ring (bicyclic) bond motifs is 1. The summed E-state index contributed by atoms with van der Waals surface area (Å²) >= 11 is 0. The molecule has 0 bridgehead atoms. The van der Waals surface area contributed by atoms with Gasteiger partial charge in [-0.2, -0.15) is 0 Å². The molecular formula is C16H16N2O4. The molecule has 1 aromatic heterocycles. The van der Waals surface area contributed by atoms with Crippen LogP contribution in [0.1, 0.15) is 46.7 Å². The lowest BCUT2D eigenvalue weighted by molar-refractivity contribution is -0.108. The Morgan fingerprint density at radius 1 is 1.27 bits per heavy atom. The third-order valence-electron chi connectivity index (χ3n) is 3.51. The fraction of sp³-hybridized carbons (Fsp3) is 0.250. The highest BCUT2D eigenvalue weighted by Crippen LogP contribution is 2.29. The monoisotopic (exact) mass is 300 g/mol. The summed E-state index contributed by atoms with van der Waals surface area (Å²) in [6, 6.07) is 1.28. The van der Waals surface area contributed by atoms with E-state index in [2.05, 4.69) is 10.3 Å². The number of Topliss-reactive ketones (excluding diaryl/α,β-unsaturated/α-hetero) is 2. The molecule has 6 nitrogen and oxygen atoms in total. The van der Waals surface area contributed by atoms with Crippen molar-refractivity contribution in [1.82, 2.24) is 10.3 Å². The summed E-state index contributed by atoms with van der Waals surface area (Å²) in [5.74, 6) is -0.948. The molecule has 1 aromatic rings. The Labute approximate surface area is 126 Å². The Hall–Kier alpha value is -2.76. The lowest BCUT2D eigenvalue weighted by Gasteiger charge is -2.21. The molecule has 0 spiro atoms. The van der Waals surface area contributed by atoms with E-state index in [9.17, 15) is 19.2 Å². The fourth-order valence-corrected chi connectivity index (χ4v) is 2.61. The number of aromatic amines is 1. The average Bonchev–Trinajstić information content (AvgIpc) is 2.44. The minimum atomic E-state index is -0.568. The number of carbonyl (C=O) groups excluding carboxylic acids is 3. The van der Waals surface area contributed by atoms with Crippen molar-refractivity contribution in [3.63, 3.8) is 0 Å². The summed E-state index contributed by atoms with van der Waals surface area (Å²) in [5.41, 5.74) is 0.752. The predicted molar refractivity (Wildman–Crippen MR) is 80.7 cm³/mol. The van der Waals surface area contributed by atoms with Crippen LogP contribution >= 0.6 is 0 Å². The molecule has 6 heteroatoms. The molecule has 1 aliphatic rings. The summed E-state index contributed by atoms with van der Waals surface area (Å²) in [5, 5.41) is 2.30. The largest absolute Gasteiger partial charge is 0.325 e. The van der Waals surface area contributed by atoms with Gasteiger partial charge in [0.15, 0.2) is 5.78 Å². The van der Waals surface area contributed by atoms with Gasteiger partial charge in [0.25, 0.3) is 0 Å². The Kier molecular flexibility index (Phi) is 4.21. The van der Waals surface area contributed by atoms with Gasteiger partial charge in [0.1, 0.15) is 11.4 Å². The van der Waals surface area contributed by atoms with Crippen LogP contribution in [-0.4, -0.2) is 23.0 Å². The van der Waals surface area contributed by atoms with Gasteiger partial charge < -0.3 is 10.3 Å². The quantitative estimate of drug-likeness (QED) is 0.822. The predicted octanol–water partition coefficient (Wildman–Crippen LogP) is 1.42. The maximum atomic E-state index is 12.8.